The highest BCUT2D eigenvalue weighted by Crippen LogP contribution is 2.23. The number of hydrogen-bond acceptors (Lipinski definition) is 3. The summed E-state index contributed by atoms with van der Waals surface area (Å²) in [5.74, 6) is 0.910. The first-order valence-electron chi connectivity index (χ1n) is 4.62. The van der Waals surface area contributed by atoms with Gasteiger partial charge in [-0.25, -0.2) is 4.98 Å². The van der Waals surface area contributed by atoms with E-state index in [-0.39, 0.29) is 0 Å². The molecular formula is C10H12BrN3S. The van der Waals surface area contributed by atoms with E-state index in [1.54, 1.807) is 11.3 Å². The van der Waals surface area contributed by atoms with Crippen molar-refractivity contribution in [2.45, 2.75) is 13.5 Å². The molecule has 2 aromatic heterocycles. The average molecular weight is 286 g/mol. The number of imidazole rings is 1. The van der Waals surface area contributed by atoms with Crippen molar-refractivity contribution in [1.29, 1.82) is 0 Å². The summed E-state index contributed by atoms with van der Waals surface area (Å²) in [6.07, 6.45) is 2.01. The molecule has 0 aliphatic carbocycles. The largest absolute Gasteiger partial charge is 0.351 e. The summed E-state index contributed by atoms with van der Waals surface area (Å²) >= 11 is 5.24. The Kier molecular flexibility index (Phi) is 3.11. The summed E-state index contributed by atoms with van der Waals surface area (Å²) in [7, 11) is 1.99. The molecule has 0 amide bonds. The van der Waals surface area contributed by atoms with Gasteiger partial charge in [0.05, 0.1) is 12.2 Å². The molecule has 0 saturated carbocycles. The van der Waals surface area contributed by atoms with E-state index in [2.05, 4.69) is 37.7 Å². The molecular weight excluding hydrogens is 274 g/mol. The summed E-state index contributed by atoms with van der Waals surface area (Å²) in [6, 6.07) is 2.06. The van der Waals surface area contributed by atoms with Gasteiger partial charge in [-0.2, -0.15) is 0 Å². The van der Waals surface area contributed by atoms with Gasteiger partial charge < -0.3 is 9.88 Å². The van der Waals surface area contributed by atoms with Crippen LogP contribution in [-0.4, -0.2) is 9.55 Å². The Bertz CT molecular complexity index is 461. The highest BCUT2D eigenvalue weighted by molar-refractivity contribution is 9.10. The Balaban J connectivity index is 2.05. The number of nitrogens with one attached hydrogen (secondary N) is 1. The highest BCUT2D eigenvalue weighted by atomic mass is 79.9. The molecule has 5 heteroatoms. The number of rotatable bonds is 3. The van der Waals surface area contributed by atoms with E-state index in [9.17, 15) is 0 Å². The van der Waals surface area contributed by atoms with Crippen LogP contribution in [0, 0.1) is 6.92 Å². The zero-order chi connectivity index (χ0) is 10.8. The second-order valence-corrected chi connectivity index (χ2v) is 5.22. The van der Waals surface area contributed by atoms with Crippen LogP contribution in [0.25, 0.3) is 0 Å². The van der Waals surface area contributed by atoms with Gasteiger partial charge in [-0.3, -0.25) is 0 Å². The van der Waals surface area contributed by atoms with Crippen LogP contribution in [0.15, 0.2) is 22.1 Å². The van der Waals surface area contributed by atoms with Crippen molar-refractivity contribution in [3.8, 4) is 0 Å². The Hall–Kier alpha value is -0.810. The zero-order valence-electron chi connectivity index (χ0n) is 8.62. The Morgan fingerprint density at radius 3 is 2.93 bits per heavy atom. The maximum atomic E-state index is 4.38. The normalized spacial score (nSPS) is 10.6. The van der Waals surface area contributed by atoms with Crippen LogP contribution < -0.4 is 5.32 Å². The van der Waals surface area contributed by atoms with E-state index in [1.165, 1.54) is 4.88 Å². The molecule has 0 unspecified atom stereocenters. The molecule has 3 nitrogen and oxygen atoms in total. The third-order valence-electron chi connectivity index (χ3n) is 2.09. The van der Waals surface area contributed by atoms with Gasteiger partial charge in [0, 0.05) is 22.6 Å². The molecule has 0 saturated heterocycles. The molecule has 0 aliphatic heterocycles. The van der Waals surface area contributed by atoms with Crippen molar-refractivity contribution in [2.75, 3.05) is 5.32 Å². The van der Waals surface area contributed by atoms with E-state index in [0.29, 0.717) is 0 Å². The molecule has 0 radical (unpaired) electrons. The van der Waals surface area contributed by atoms with Gasteiger partial charge in [-0.05, 0) is 34.3 Å². The minimum atomic E-state index is 0.808. The fourth-order valence-electron chi connectivity index (χ4n) is 1.39. The Labute approximate surface area is 101 Å². The van der Waals surface area contributed by atoms with Gasteiger partial charge in [0.25, 0.3) is 0 Å². The minimum absolute atomic E-state index is 0.808. The van der Waals surface area contributed by atoms with Crippen LogP contribution in [0.2, 0.25) is 0 Å². The SMILES string of the molecule is Cc1cn(C)c(NCc2sccc2Br)n1. The molecule has 2 rings (SSSR count). The molecule has 15 heavy (non-hydrogen) atoms. The number of halogens is 1. The summed E-state index contributed by atoms with van der Waals surface area (Å²) in [5, 5.41) is 5.38. The lowest BCUT2D eigenvalue weighted by Crippen LogP contribution is -2.03. The lowest BCUT2D eigenvalue weighted by atomic mass is 10.5. The topological polar surface area (TPSA) is 29.9 Å². The van der Waals surface area contributed by atoms with Crippen molar-refractivity contribution in [1.82, 2.24) is 9.55 Å². The molecule has 80 valence electrons. The standard InChI is InChI=1S/C10H12BrN3S/c1-7-6-14(2)10(13-7)12-5-9-8(11)3-4-15-9/h3-4,6H,5H2,1-2H3,(H,12,13). The number of hydrogen-bond donors (Lipinski definition) is 1. The third-order valence-corrected chi connectivity index (χ3v) is 4.02. The van der Waals surface area contributed by atoms with Crippen LogP contribution in [0.4, 0.5) is 5.95 Å². The summed E-state index contributed by atoms with van der Waals surface area (Å²) < 4.78 is 3.16. The molecule has 1 N–H and O–H groups in total. The van der Waals surface area contributed by atoms with Crippen molar-refractivity contribution < 1.29 is 0 Å². The fraction of sp³-hybridized carbons (Fsp3) is 0.300. The smallest absolute Gasteiger partial charge is 0.203 e. The predicted octanol–water partition coefficient (Wildman–Crippen LogP) is 3.16. The van der Waals surface area contributed by atoms with Crippen molar-refractivity contribution in [3.63, 3.8) is 0 Å². The molecule has 0 bridgehead atoms. The van der Waals surface area contributed by atoms with Gasteiger partial charge in [0.1, 0.15) is 0 Å². The molecule has 0 spiro atoms. The van der Waals surface area contributed by atoms with Gasteiger partial charge in [0.15, 0.2) is 0 Å². The van der Waals surface area contributed by atoms with Crippen molar-refractivity contribution in [2.24, 2.45) is 7.05 Å². The highest BCUT2D eigenvalue weighted by Gasteiger charge is 2.04. The van der Waals surface area contributed by atoms with Crippen LogP contribution in [0.3, 0.4) is 0 Å². The van der Waals surface area contributed by atoms with Crippen LogP contribution in [0.1, 0.15) is 10.6 Å². The number of thiophene rings is 1. The molecule has 2 aromatic rings. The summed E-state index contributed by atoms with van der Waals surface area (Å²) in [5.41, 5.74) is 1.03. The van der Waals surface area contributed by atoms with E-state index in [1.807, 2.05) is 24.7 Å². The second-order valence-electron chi connectivity index (χ2n) is 3.36. The number of aryl methyl sites for hydroxylation is 2. The monoisotopic (exact) mass is 285 g/mol. The van der Waals surface area contributed by atoms with Crippen molar-refractivity contribution >= 4 is 33.2 Å². The van der Waals surface area contributed by atoms with E-state index >= 15 is 0 Å². The van der Waals surface area contributed by atoms with Crippen molar-refractivity contribution in [3.05, 3.63) is 32.7 Å². The van der Waals surface area contributed by atoms with Crippen LogP contribution in [0.5, 0.6) is 0 Å². The molecule has 0 atom stereocenters. The summed E-state index contributed by atoms with van der Waals surface area (Å²) in [4.78, 5) is 5.67. The first-order valence-corrected chi connectivity index (χ1v) is 6.30. The maximum absolute atomic E-state index is 4.38. The molecule has 0 fully saturated rings. The van der Waals surface area contributed by atoms with Gasteiger partial charge in [0.2, 0.25) is 5.95 Å². The Morgan fingerprint density at radius 2 is 2.40 bits per heavy atom. The molecule has 0 aromatic carbocycles. The third kappa shape index (κ3) is 2.41. The predicted molar refractivity (Wildman–Crippen MR) is 67.3 cm³/mol. The minimum Gasteiger partial charge on any atom is -0.351 e. The first-order chi connectivity index (χ1) is 7.16. The molecule has 0 aliphatic rings. The lowest BCUT2D eigenvalue weighted by Gasteiger charge is -2.04. The quantitative estimate of drug-likeness (QED) is 0.939. The van der Waals surface area contributed by atoms with Crippen LogP contribution >= 0.6 is 27.3 Å². The number of anilines is 1. The number of aromatic nitrogens is 2. The van der Waals surface area contributed by atoms with Crippen LogP contribution in [-0.2, 0) is 13.6 Å². The average Bonchev–Trinajstić information content (AvgIpc) is 2.70. The van der Waals surface area contributed by atoms with E-state index in [4.69, 9.17) is 0 Å². The van der Waals surface area contributed by atoms with Gasteiger partial charge in [-0.1, -0.05) is 0 Å². The first kappa shape index (κ1) is 10.7. The van der Waals surface area contributed by atoms with Gasteiger partial charge >= 0.3 is 0 Å². The van der Waals surface area contributed by atoms with E-state index in [0.717, 1.165) is 22.7 Å². The maximum Gasteiger partial charge on any atom is 0.203 e. The zero-order valence-corrected chi connectivity index (χ0v) is 11.0. The fourth-order valence-corrected chi connectivity index (χ4v) is 2.82. The van der Waals surface area contributed by atoms with E-state index < -0.39 is 0 Å². The second kappa shape index (κ2) is 4.37. The Morgan fingerprint density at radius 1 is 1.60 bits per heavy atom. The number of nitrogens with zero attached hydrogens (tertiary/aromatic N) is 2. The van der Waals surface area contributed by atoms with Gasteiger partial charge in [-0.15, -0.1) is 11.3 Å². The lowest BCUT2D eigenvalue weighted by molar-refractivity contribution is 0.902. The summed E-state index contributed by atoms with van der Waals surface area (Å²) in [6.45, 7) is 2.80. The molecule has 2 heterocycles.